The summed E-state index contributed by atoms with van der Waals surface area (Å²) in [5, 5.41) is 4.30. The summed E-state index contributed by atoms with van der Waals surface area (Å²) in [6.45, 7) is 4.66. The van der Waals surface area contributed by atoms with E-state index in [9.17, 15) is 4.79 Å². The minimum atomic E-state index is -0.0793. The van der Waals surface area contributed by atoms with Gasteiger partial charge >= 0.3 is 0 Å². The van der Waals surface area contributed by atoms with Crippen LogP contribution in [0.2, 0.25) is 5.02 Å². The number of ether oxygens (including phenoxy) is 1. The van der Waals surface area contributed by atoms with Crippen LogP contribution >= 0.6 is 11.6 Å². The highest BCUT2D eigenvalue weighted by Crippen LogP contribution is 2.26. The Bertz CT molecular complexity index is 682. The lowest BCUT2D eigenvalue weighted by atomic mass is 10.2. The maximum atomic E-state index is 12.5. The Labute approximate surface area is 133 Å². The lowest BCUT2D eigenvalue weighted by Gasteiger charge is -2.17. The summed E-state index contributed by atoms with van der Waals surface area (Å²) in [7, 11) is 0. The van der Waals surface area contributed by atoms with Gasteiger partial charge in [0.05, 0.1) is 12.2 Å². The van der Waals surface area contributed by atoms with Gasteiger partial charge in [-0.1, -0.05) is 16.8 Å². The Hall–Kier alpha value is -2.08. The second-order valence-electron chi connectivity index (χ2n) is 5.28. The van der Waals surface area contributed by atoms with Crippen LogP contribution in [0.15, 0.2) is 23.0 Å². The molecule has 2 aromatic heterocycles. The van der Waals surface area contributed by atoms with Gasteiger partial charge < -0.3 is 14.2 Å². The predicted molar refractivity (Wildman–Crippen MR) is 80.2 cm³/mol. The second kappa shape index (κ2) is 5.96. The third-order valence-corrected chi connectivity index (χ3v) is 3.99. The summed E-state index contributed by atoms with van der Waals surface area (Å²) in [5.74, 6) is 1.07. The third-order valence-electron chi connectivity index (χ3n) is 3.71. The number of aryl methyl sites for hydroxylation is 2. The van der Waals surface area contributed by atoms with Crippen molar-refractivity contribution in [2.75, 3.05) is 13.1 Å². The van der Waals surface area contributed by atoms with Gasteiger partial charge in [0, 0.05) is 31.4 Å². The molecule has 0 radical (unpaired) electrons. The fourth-order valence-corrected chi connectivity index (χ4v) is 2.76. The van der Waals surface area contributed by atoms with Crippen LogP contribution in [0.4, 0.5) is 0 Å². The van der Waals surface area contributed by atoms with Gasteiger partial charge in [-0.3, -0.25) is 9.78 Å². The minimum absolute atomic E-state index is 0.0665. The Morgan fingerprint density at radius 3 is 3.00 bits per heavy atom. The number of rotatable bonds is 3. The van der Waals surface area contributed by atoms with Gasteiger partial charge in [-0.25, -0.2) is 0 Å². The van der Waals surface area contributed by atoms with E-state index in [-0.39, 0.29) is 12.0 Å². The molecule has 1 atom stereocenters. The highest BCUT2D eigenvalue weighted by Gasteiger charge is 2.31. The third kappa shape index (κ3) is 2.78. The standard InChI is InChI=1S/C15H16ClN3O3/c1-9-14(10(2)22-18-9)15(20)19-6-4-11(8-19)21-13-3-5-17-7-12(13)16/h3,5,7,11H,4,6,8H2,1-2H3. The Kier molecular flexibility index (Phi) is 4.02. The van der Waals surface area contributed by atoms with Crippen molar-refractivity contribution in [2.45, 2.75) is 26.4 Å². The number of nitrogens with zero attached hydrogens (tertiary/aromatic N) is 3. The minimum Gasteiger partial charge on any atom is -0.487 e. The molecular formula is C15H16ClN3O3. The molecule has 22 heavy (non-hydrogen) atoms. The Morgan fingerprint density at radius 1 is 1.50 bits per heavy atom. The summed E-state index contributed by atoms with van der Waals surface area (Å²) in [6.07, 6.45) is 3.85. The monoisotopic (exact) mass is 321 g/mol. The van der Waals surface area contributed by atoms with E-state index in [1.54, 1.807) is 37.2 Å². The normalized spacial score (nSPS) is 17.8. The first-order valence-electron chi connectivity index (χ1n) is 7.04. The maximum Gasteiger partial charge on any atom is 0.259 e. The molecule has 0 saturated carbocycles. The SMILES string of the molecule is Cc1noc(C)c1C(=O)N1CCC(Oc2ccncc2Cl)C1. The average molecular weight is 322 g/mol. The lowest BCUT2D eigenvalue weighted by Crippen LogP contribution is -2.31. The highest BCUT2D eigenvalue weighted by molar-refractivity contribution is 6.31. The van der Waals surface area contributed by atoms with Gasteiger partial charge in [-0.05, 0) is 13.8 Å². The lowest BCUT2D eigenvalue weighted by molar-refractivity contribution is 0.0770. The molecule has 7 heteroatoms. The molecule has 0 bridgehead atoms. The van der Waals surface area contributed by atoms with E-state index in [1.165, 1.54) is 0 Å². The number of likely N-dealkylation sites (tertiary alicyclic amines) is 1. The molecule has 1 fully saturated rings. The van der Waals surface area contributed by atoms with E-state index in [0.29, 0.717) is 40.9 Å². The molecule has 1 amide bonds. The van der Waals surface area contributed by atoms with Crippen molar-refractivity contribution in [2.24, 2.45) is 0 Å². The van der Waals surface area contributed by atoms with E-state index in [1.807, 2.05) is 0 Å². The summed E-state index contributed by atoms with van der Waals surface area (Å²) in [4.78, 5) is 18.2. The van der Waals surface area contributed by atoms with Crippen LogP contribution in [0.3, 0.4) is 0 Å². The second-order valence-corrected chi connectivity index (χ2v) is 5.69. The number of hydrogen-bond donors (Lipinski definition) is 0. The van der Waals surface area contributed by atoms with Crippen LogP contribution in [-0.2, 0) is 0 Å². The number of halogens is 1. The average Bonchev–Trinajstić information content (AvgIpc) is 3.08. The molecule has 116 valence electrons. The summed E-state index contributed by atoms with van der Waals surface area (Å²) >= 11 is 6.04. The zero-order valence-corrected chi connectivity index (χ0v) is 13.1. The fraction of sp³-hybridized carbons (Fsp3) is 0.400. The van der Waals surface area contributed by atoms with Gasteiger partial charge in [0.2, 0.25) is 0 Å². The predicted octanol–water partition coefficient (Wildman–Crippen LogP) is 2.63. The summed E-state index contributed by atoms with van der Waals surface area (Å²) in [5.41, 5.74) is 1.16. The maximum absolute atomic E-state index is 12.5. The number of carbonyl (C=O) groups excluding carboxylic acids is 1. The zero-order chi connectivity index (χ0) is 15.7. The van der Waals surface area contributed by atoms with E-state index in [0.717, 1.165) is 6.42 Å². The Morgan fingerprint density at radius 2 is 2.32 bits per heavy atom. The number of carbonyl (C=O) groups is 1. The first-order chi connectivity index (χ1) is 10.6. The number of pyridine rings is 1. The molecular weight excluding hydrogens is 306 g/mol. The van der Waals surface area contributed by atoms with Crippen molar-refractivity contribution in [3.05, 3.63) is 40.5 Å². The number of aromatic nitrogens is 2. The molecule has 1 aliphatic heterocycles. The van der Waals surface area contributed by atoms with E-state index in [2.05, 4.69) is 10.1 Å². The molecule has 1 unspecified atom stereocenters. The van der Waals surface area contributed by atoms with Gasteiger partial charge in [0.25, 0.3) is 5.91 Å². The van der Waals surface area contributed by atoms with Crippen molar-refractivity contribution in [1.29, 1.82) is 0 Å². The molecule has 6 nitrogen and oxygen atoms in total. The van der Waals surface area contributed by atoms with Gasteiger partial charge in [0.15, 0.2) is 0 Å². The molecule has 1 aliphatic rings. The summed E-state index contributed by atoms with van der Waals surface area (Å²) in [6, 6.07) is 1.72. The number of hydrogen-bond acceptors (Lipinski definition) is 5. The molecule has 3 rings (SSSR count). The first-order valence-corrected chi connectivity index (χ1v) is 7.42. The van der Waals surface area contributed by atoms with E-state index < -0.39 is 0 Å². The smallest absolute Gasteiger partial charge is 0.259 e. The molecule has 0 N–H and O–H groups in total. The van der Waals surface area contributed by atoms with Gasteiger partial charge in [-0.15, -0.1) is 0 Å². The van der Waals surface area contributed by atoms with Crippen molar-refractivity contribution in [3.63, 3.8) is 0 Å². The molecule has 3 heterocycles. The highest BCUT2D eigenvalue weighted by atomic mass is 35.5. The van der Waals surface area contributed by atoms with E-state index in [4.69, 9.17) is 20.9 Å². The first kappa shape index (κ1) is 14.8. The molecule has 0 aromatic carbocycles. The van der Waals surface area contributed by atoms with Gasteiger partial charge in [-0.2, -0.15) is 0 Å². The van der Waals surface area contributed by atoms with Crippen LogP contribution in [0.5, 0.6) is 5.75 Å². The molecule has 0 aliphatic carbocycles. The van der Waals surface area contributed by atoms with Crippen LogP contribution in [-0.4, -0.2) is 40.1 Å². The largest absolute Gasteiger partial charge is 0.487 e. The van der Waals surface area contributed by atoms with Crippen LogP contribution in [0, 0.1) is 13.8 Å². The van der Waals surface area contributed by atoms with Crippen LogP contribution in [0.25, 0.3) is 0 Å². The van der Waals surface area contributed by atoms with Crippen LogP contribution in [0.1, 0.15) is 28.2 Å². The fourth-order valence-electron chi connectivity index (χ4n) is 2.59. The van der Waals surface area contributed by atoms with Crippen molar-refractivity contribution >= 4 is 17.5 Å². The van der Waals surface area contributed by atoms with Crippen molar-refractivity contribution < 1.29 is 14.1 Å². The summed E-state index contributed by atoms with van der Waals surface area (Å²) < 4.78 is 10.9. The quantitative estimate of drug-likeness (QED) is 0.869. The molecule has 1 saturated heterocycles. The number of amides is 1. The zero-order valence-electron chi connectivity index (χ0n) is 12.4. The van der Waals surface area contributed by atoms with Crippen molar-refractivity contribution in [1.82, 2.24) is 15.0 Å². The van der Waals surface area contributed by atoms with E-state index >= 15 is 0 Å². The Balaban J connectivity index is 1.68. The molecule has 0 spiro atoms. The topological polar surface area (TPSA) is 68.5 Å². The van der Waals surface area contributed by atoms with Crippen LogP contribution < -0.4 is 4.74 Å². The van der Waals surface area contributed by atoms with Gasteiger partial charge in [0.1, 0.15) is 28.2 Å². The molecule has 2 aromatic rings. The van der Waals surface area contributed by atoms with Crippen molar-refractivity contribution in [3.8, 4) is 5.75 Å².